The van der Waals surface area contributed by atoms with Gasteiger partial charge in [-0.1, -0.05) is 6.92 Å². The molecule has 1 aromatic rings. The zero-order chi connectivity index (χ0) is 12.7. The van der Waals surface area contributed by atoms with Crippen LogP contribution in [0.25, 0.3) is 0 Å². The van der Waals surface area contributed by atoms with Crippen molar-refractivity contribution in [1.82, 2.24) is 10.3 Å². The Morgan fingerprint density at radius 1 is 1.65 bits per heavy atom. The van der Waals surface area contributed by atoms with Crippen molar-refractivity contribution in [3.8, 4) is 0 Å². The molecule has 0 saturated heterocycles. The van der Waals surface area contributed by atoms with E-state index in [1.165, 1.54) is 6.20 Å². The molecule has 1 rings (SSSR count). The maximum absolute atomic E-state index is 11.7. The number of ether oxygens (including phenoxy) is 1. The lowest BCUT2D eigenvalue weighted by Gasteiger charge is -2.11. The molecule has 1 unspecified atom stereocenters. The summed E-state index contributed by atoms with van der Waals surface area (Å²) < 4.78 is 4.98. The number of methoxy groups -OCH3 is 1. The second kappa shape index (κ2) is 6.82. The van der Waals surface area contributed by atoms with Crippen LogP contribution in [-0.4, -0.2) is 31.2 Å². The van der Waals surface area contributed by atoms with Crippen LogP contribution in [0.15, 0.2) is 18.3 Å². The average molecular weight is 238 g/mol. The molecule has 0 aliphatic carbocycles. The minimum absolute atomic E-state index is 0.218. The summed E-state index contributed by atoms with van der Waals surface area (Å²) in [5.41, 5.74) is 3.45. The summed E-state index contributed by atoms with van der Waals surface area (Å²) in [6.07, 6.45) is 1.53. The fourth-order valence-electron chi connectivity index (χ4n) is 1.35. The van der Waals surface area contributed by atoms with Crippen molar-refractivity contribution in [2.45, 2.75) is 6.92 Å². The third kappa shape index (κ3) is 4.38. The van der Waals surface area contributed by atoms with Crippen molar-refractivity contribution in [3.63, 3.8) is 0 Å². The molecule has 0 fully saturated rings. The van der Waals surface area contributed by atoms with E-state index in [4.69, 9.17) is 10.6 Å². The highest BCUT2D eigenvalue weighted by atomic mass is 16.5. The van der Waals surface area contributed by atoms with Gasteiger partial charge in [-0.2, -0.15) is 0 Å². The number of carbonyl (C=O) groups is 1. The Hall–Kier alpha value is -1.66. The molecule has 6 heteroatoms. The van der Waals surface area contributed by atoms with Gasteiger partial charge in [-0.15, -0.1) is 0 Å². The Labute approximate surface area is 101 Å². The number of amides is 1. The molecule has 1 aromatic heterocycles. The Bertz CT molecular complexity index is 370. The fraction of sp³-hybridized carbons (Fsp3) is 0.455. The first-order valence-electron chi connectivity index (χ1n) is 5.37. The van der Waals surface area contributed by atoms with E-state index in [0.717, 1.165) is 0 Å². The molecule has 0 bridgehead atoms. The number of nitrogens with zero attached hydrogens (tertiary/aromatic N) is 1. The maximum atomic E-state index is 11.7. The number of hydrogen-bond donors (Lipinski definition) is 3. The topological polar surface area (TPSA) is 89.3 Å². The number of hydrazine groups is 1. The van der Waals surface area contributed by atoms with Crippen LogP contribution in [0.2, 0.25) is 0 Å². The molecule has 0 spiro atoms. The van der Waals surface area contributed by atoms with Crippen LogP contribution >= 0.6 is 0 Å². The highest BCUT2D eigenvalue weighted by Crippen LogP contribution is 2.05. The number of anilines is 1. The van der Waals surface area contributed by atoms with E-state index < -0.39 is 0 Å². The van der Waals surface area contributed by atoms with Gasteiger partial charge in [0, 0.05) is 19.9 Å². The Morgan fingerprint density at radius 3 is 3.06 bits per heavy atom. The van der Waals surface area contributed by atoms with Gasteiger partial charge >= 0.3 is 0 Å². The smallest absolute Gasteiger partial charge is 0.269 e. The lowest BCUT2D eigenvalue weighted by atomic mass is 10.2. The number of nitrogens with two attached hydrogens (primary N) is 1. The average Bonchev–Trinajstić information content (AvgIpc) is 2.36. The number of rotatable bonds is 6. The van der Waals surface area contributed by atoms with E-state index in [9.17, 15) is 4.79 Å². The van der Waals surface area contributed by atoms with E-state index >= 15 is 0 Å². The standard InChI is InChI=1S/C11H18N4O2/c1-8(7-17-2)6-14-11(16)10-5-9(15-12)3-4-13-10/h3-5,8H,6-7,12H2,1-2H3,(H,13,15)(H,14,16). The van der Waals surface area contributed by atoms with Crippen LogP contribution in [0.5, 0.6) is 0 Å². The van der Waals surface area contributed by atoms with E-state index in [-0.39, 0.29) is 11.8 Å². The van der Waals surface area contributed by atoms with Gasteiger partial charge in [0.05, 0.1) is 12.3 Å². The van der Waals surface area contributed by atoms with Gasteiger partial charge in [-0.25, -0.2) is 0 Å². The summed E-state index contributed by atoms with van der Waals surface area (Å²) in [5, 5.41) is 2.78. The van der Waals surface area contributed by atoms with Gasteiger partial charge in [0.1, 0.15) is 5.69 Å². The largest absolute Gasteiger partial charge is 0.384 e. The minimum atomic E-state index is -0.218. The molecule has 0 aromatic carbocycles. The summed E-state index contributed by atoms with van der Waals surface area (Å²) in [5.74, 6) is 5.30. The van der Waals surface area contributed by atoms with Crippen molar-refractivity contribution in [2.24, 2.45) is 11.8 Å². The van der Waals surface area contributed by atoms with Gasteiger partial charge in [0.25, 0.3) is 5.91 Å². The third-order valence-electron chi connectivity index (χ3n) is 2.22. The van der Waals surface area contributed by atoms with Gasteiger partial charge < -0.3 is 15.5 Å². The highest BCUT2D eigenvalue weighted by Gasteiger charge is 2.09. The number of hydrogen-bond acceptors (Lipinski definition) is 5. The van der Waals surface area contributed by atoms with Crippen LogP contribution in [0.1, 0.15) is 17.4 Å². The normalized spacial score (nSPS) is 11.9. The predicted octanol–water partition coefficient (Wildman–Crippen LogP) is 0.380. The molecule has 4 N–H and O–H groups in total. The van der Waals surface area contributed by atoms with Gasteiger partial charge in [-0.3, -0.25) is 15.6 Å². The summed E-state index contributed by atoms with van der Waals surface area (Å²) >= 11 is 0. The highest BCUT2D eigenvalue weighted by molar-refractivity contribution is 5.93. The van der Waals surface area contributed by atoms with E-state index in [1.807, 2.05) is 6.92 Å². The first-order valence-corrected chi connectivity index (χ1v) is 5.37. The lowest BCUT2D eigenvalue weighted by molar-refractivity contribution is 0.0929. The van der Waals surface area contributed by atoms with Crippen molar-refractivity contribution < 1.29 is 9.53 Å². The Kier molecular flexibility index (Phi) is 5.38. The molecule has 6 nitrogen and oxygen atoms in total. The summed E-state index contributed by atoms with van der Waals surface area (Å²) in [6, 6.07) is 3.28. The number of nitrogen functional groups attached to an aromatic ring is 1. The van der Waals surface area contributed by atoms with Gasteiger partial charge in [-0.05, 0) is 18.1 Å². The fourth-order valence-corrected chi connectivity index (χ4v) is 1.35. The van der Waals surface area contributed by atoms with Gasteiger partial charge in [0.2, 0.25) is 0 Å². The summed E-state index contributed by atoms with van der Waals surface area (Å²) in [4.78, 5) is 15.7. The van der Waals surface area contributed by atoms with Crippen molar-refractivity contribution >= 4 is 11.6 Å². The number of aromatic nitrogens is 1. The first kappa shape index (κ1) is 13.4. The molecule has 0 aliphatic rings. The van der Waals surface area contributed by atoms with Crippen LogP contribution in [0.3, 0.4) is 0 Å². The number of nitrogens with one attached hydrogen (secondary N) is 2. The minimum Gasteiger partial charge on any atom is -0.384 e. The molecule has 0 aliphatic heterocycles. The zero-order valence-electron chi connectivity index (χ0n) is 10.1. The van der Waals surface area contributed by atoms with Gasteiger partial charge in [0.15, 0.2) is 0 Å². The second-order valence-electron chi connectivity index (χ2n) is 3.84. The van der Waals surface area contributed by atoms with E-state index in [0.29, 0.717) is 24.5 Å². The first-order chi connectivity index (χ1) is 8.17. The molecular weight excluding hydrogens is 220 g/mol. The molecule has 1 heterocycles. The van der Waals surface area contributed by atoms with Crippen molar-refractivity contribution in [2.75, 3.05) is 25.7 Å². The van der Waals surface area contributed by atoms with Crippen LogP contribution in [-0.2, 0) is 4.74 Å². The SMILES string of the molecule is COCC(C)CNC(=O)c1cc(NN)ccn1. The van der Waals surface area contributed by atoms with E-state index in [1.54, 1.807) is 19.2 Å². The van der Waals surface area contributed by atoms with Crippen LogP contribution in [0.4, 0.5) is 5.69 Å². The second-order valence-corrected chi connectivity index (χ2v) is 3.84. The maximum Gasteiger partial charge on any atom is 0.269 e. The van der Waals surface area contributed by atoms with Crippen LogP contribution in [0, 0.1) is 5.92 Å². The van der Waals surface area contributed by atoms with Crippen molar-refractivity contribution in [1.29, 1.82) is 0 Å². The molecule has 1 amide bonds. The van der Waals surface area contributed by atoms with Crippen molar-refractivity contribution in [3.05, 3.63) is 24.0 Å². The molecule has 17 heavy (non-hydrogen) atoms. The van der Waals surface area contributed by atoms with Crippen LogP contribution < -0.4 is 16.6 Å². The molecule has 0 saturated carbocycles. The molecule has 0 radical (unpaired) electrons. The Balaban J connectivity index is 2.51. The molecule has 1 atom stereocenters. The number of carbonyl (C=O) groups excluding carboxylic acids is 1. The monoisotopic (exact) mass is 238 g/mol. The summed E-state index contributed by atoms with van der Waals surface area (Å²) in [7, 11) is 1.64. The zero-order valence-corrected chi connectivity index (χ0v) is 10.1. The summed E-state index contributed by atoms with van der Waals surface area (Å²) in [6.45, 7) is 3.15. The van der Waals surface area contributed by atoms with E-state index in [2.05, 4.69) is 15.7 Å². The lowest BCUT2D eigenvalue weighted by Crippen LogP contribution is -2.30. The Morgan fingerprint density at radius 2 is 2.41 bits per heavy atom. The third-order valence-corrected chi connectivity index (χ3v) is 2.22. The quantitative estimate of drug-likeness (QED) is 0.492. The molecular formula is C11H18N4O2. The predicted molar refractivity (Wildman–Crippen MR) is 65.4 cm³/mol. The number of pyridine rings is 1. The molecule has 94 valence electrons.